The standard InChI is InChI=1S/C17H28N2O2/c1-12(2)7-9-19-17(20)14-5-6-15(18)16(11-14)21-10-8-13(3)4/h5-6,11-13H,7-10,18H2,1-4H3,(H,19,20). The SMILES string of the molecule is CC(C)CCNC(=O)c1ccc(N)c(OCCC(C)C)c1. The summed E-state index contributed by atoms with van der Waals surface area (Å²) in [5, 5.41) is 2.92. The van der Waals surface area contributed by atoms with Crippen molar-refractivity contribution in [1.29, 1.82) is 0 Å². The molecule has 1 rings (SSSR count). The Hall–Kier alpha value is -1.71. The largest absolute Gasteiger partial charge is 0.491 e. The molecule has 0 spiro atoms. The number of carbonyl (C=O) groups excluding carboxylic acids is 1. The summed E-state index contributed by atoms with van der Waals surface area (Å²) >= 11 is 0. The highest BCUT2D eigenvalue weighted by molar-refractivity contribution is 5.95. The van der Waals surface area contributed by atoms with Gasteiger partial charge in [0.2, 0.25) is 0 Å². The summed E-state index contributed by atoms with van der Waals surface area (Å²) in [7, 11) is 0. The van der Waals surface area contributed by atoms with E-state index in [1.807, 2.05) is 0 Å². The van der Waals surface area contributed by atoms with Crippen LogP contribution in [0.5, 0.6) is 5.75 Å². The van der Waals surface area contributed by atoms with Crippen LogP contribution >= 0.6 is 0 Å². The van der Waals surface area contributed by atoms with E-state index in [1.165, 1.54) is 0 Å². The predicted molar refractivity (Wildman–Crippen MR) is 87.6 cm³/mol. The van der Waals surface area contributed by atoms with Crippen molar-refractivity contribution >= 4 is 11.6 Å². The quantitative estimate of drug-likeness (QED) is 0.721. The van der Waals surface area contributed by atoms with Gasteiger partial charge in [0.15, 0.2) is 0 Å². The van der Waals surface area contributed by atoms with Gasteiger partial charge in [-0.3, -0.25) is 4.79 Å². The molecule has 0 bridgehead atoms. The summed E-state index contributed by atoms with van der Waals surface area (Å²) < 4.78 is 5.68. The van der Waals surface area contributed by atoms with Gasteiger partial charge in [0.1, 0.15) is 5.75 Å². The average Bonchev–Trinajstić information content (AvgIpc) is 2.40. The maximum absolute atomic E-state index is 12.1. The van der Waals surface area contributed by atoms with Crippen molar-refractivity contribution in [3.05, 3.63) is 23.8 Å². The number of anilines is 1. The van der Waals surface area contributed by atoms with Gasteiger partial charge >= 0.3 is 0 Å². The summed E-state index contributed by atoms with van der Waals surface area (Å²) in [6.07, 6.45) is 1.93. The van der Waals surface area contributed by atoms with Crippen molar-refractivity contribution in [3.8, 4) is 5.75 Å². The number of nitrogens with one attached hydrogen (secondary N) is 1. The first-order valence-corrected chi connectivity index (χ1v) is 7.70. The third-order valence-corrected chi connectivity index (χ3v) is 3.24. The topological polar surface area (TPSA) is 64.4 Å². The number of hydrogen-bond donors (Lipinski definition) is 2. The van der Waals surface area contributed by atoms with Crippen LogP contribution in [0.25, 0.3) is 0 Å². The molecule has 4 heteroatoms. The Morgan fingerprint density at radius 2 is 1.86 bits per heavy atom. The molecule has 1 aromatic rings. The molecule has 0 radical (unpaired) electrons. The molecule has 0 saturated carbocycles. The fourth-order valence-electron chi connectivity index (χ4n) is 1.78. The second-order valence-electron chi connectivity index (χ2n) is 6.22. The molecule has 0 unspecified atom stereocenters. The van der Waals surface area contributed by atoms with Gasteiger partial charge < -0.3 is 15.8 Å². The maximum atomic E-state index is 12.1. The molecular formula is C17H28N2O2. The van der Waals surface area contributed by atoms with Crippen LogP contribution in [0, 0.1) is 11.8 Å². The van der Waals surface area contributed by atoms with Crippen molar-refractivity contribution in [1.82, 2.24) is 5.32 Å². The number of carbonyl (C=O) groups is 1. The predicted octanol–water partition coefficient (Wildman–Crippen LogP) is 3.47. The first-order valence-electron chi connectivity index (χ1n) is 7.70. The van der Waals surface area contributed by atoms with Crippen LogP contribution in [-0.4, -0.2) is 19.1 Å². The fraction of sp³-hybridized carbons (Fsp3) is 0.588. The molecular weight excluding hydrogens is 264 g/mol. The van der Waals surface area contributed by atoms with Crippen molar-refractivity contribution in [2.24, 2.45) is 11.8 Å². The number of nitrogen functional groups attached to an aromatic ring is 1. The summed E-state index contributed by atoms with van der Waals surface area (Å²) in [6, 6.07) is 5.18. The van der Waals surface area contributed by atoms with Gasteiger partial charge in [0, 0.05) is 12.1 Å². The number of hydrogen-bond acceptors (Lipinski definition) is 3. The van der Waals surface area contributed by atoms with Crippen molar-refractivity contribution in [2.45, 2.75) is 40.5 Å². The molecule has 3 N–H and O–H groups in total. The number of benzene rings is 1. The first kappa shape index (κ1) is 17.3. The second-order valence-corrected chi connectivity index (χ2v) is 6.22. The van der Waals surface area contributed by atoms with Crippen molar-refractivity contribution in [3.63, 3.8) is 0 Å². The fourth-order valence-corrected chi connectivity index (χ4v) is 1.78. The molecule has 118 valence electrons. The highest BCUT2D eigenvalue weighted by atomic mass is 16.5. The Morgan fingerprint density at radius 3 is 2.48 bits per heavy atom. The lowest BCUT2D eigenvalue weighted by Crippen LogP contribution is -2.25. The molecule has 0 aliphatic carbocycles. The van der Waals surface area contributed by atoms with E-state index in [1.54, 1.807) is 18.2 Å². The normalized spacial score (nSPS) is 11.0. The maximum Gasteiger partial charge on any atom is 0.251 e. The summed E-state index contributed by atoms with van der Waals surface area (Å²) in [5.74, 6) is 1.66. The van der Waals surface area contributed by atoms with Crippen molar-refractivity contribution in [2.75, 3.05) is 18.9 Å². The molecule has 0 saturated heterocycles. The van der Waals surface area contributed by atoms with Gasteiger partial charge in [-0.1, -0.05) is 27.7 Å². The van der Waals surface area contributed by atoms with Crippen LogP contribution in [-0.2, 0) is 0 Å². The molecule has 0 aromatic heterocycles. The lowest BCUT2D eigenvalue weighted by Gasteiger charge is -2.12. The minimum Gasteiger partial charge on any atom is -0.491 e. The highest BCUT2D eigenvalue weighted by Gasteiger charge is 2.09. The Bertz CT molecular complexity index is 456. The van der Waals surface area contributed by atoms with E-state index in [2.05, 4.69) is 33.0 Å². The van der Waals surface area contributed by atoms with E-state index in [4.69, 9.17) is 10.5 Å². The van der Waals surface area contributed by atoms with Crippen LogP contribution in [0.1, 0.15) is 50.9 Å². The first-order chi connectivity index (χ1) is 9.90. The Morgan fingerprint density at radius 1 is 1.19 bits per heavy atom. The number of nitrogens with two attached hydrogens (primary N) is 1. The van der Waals surface area contributed by atoms with Crippen LogP contribution in [0.3, 0.4) is 0 Å². The van der Waals surface area contributed by atoms with E-state index in [0.717, 1.165) is 12.8 Å². The van der Waals surface area contributed by atoms with Crippen LogP contribution < -0.4 is 15.8 Å². The van der Waals surface area contributed by atoms with E-state index in [0.29, 0.717) is 42.0 Å². The van der Waals surface area contributed by atoms with Crippen LogP contribution in [0.2, 0.25) is 0 Å². The van der Waals surface area contributed by atoms with Crippen LogP contribution in [0.15, 0.2) is 18.2 Å². The molecule has 0 aliphatic rings. The second kappa shape index (κ2) is 8.55. The smallest absolute Gasteiger partial charge is 0.251 e. The summed E-state index contributed by atoms with van der Waals surface area (Å²) in [4.78, 5) is 12.1. The van der Waals surface area contributed by atoms with Gasteiger partial charge in [-0.15, -0.1) is 0 Å². The zero-order valence-corrected chi connectivity index (χ0v) is 13.6. The van der Waals surface area contributed by atoms with Crippen molar-refractivity contribution < 1.29 is 9.53 Å². The molecule has 0 atom stereocenters. The monoisotopic (exact) mass is 292 g/mol. The molecule has 1 amide bonds. The van der Waals surface area contributed by atoms with E-state index in [9.17, 15) is 4.79 Å². The lowest BCUT2D eigenvalue weighted by molar-refractivity contribution is 0.0951. The molecule has 21 heavy (non-hydrogen) atoms. The zero-order valence-electron chi connectivity index (χ0n) is 13.6. The third kappa shape index (κ3) is 6.52. The number of amides is 1. The van der Waals surface area contributed by atoms with E-state index in [-0.39, 0.29) is 5.91 Å². The van der Waals surface area contributed by atoms with Gasteiger partial charge in [-0.05, 0) is 42.9 Å². The minimum absolute atomic E-state index is 0.0793. The molecule has 0 fully saturated rings. The third-order valence-electron chi connectivity index (χ3n) is 3.24. The van der Waals surface area contributed by atoms with E-state index < -0.39 is 0 Å². The average molecular weight is 292 g/mol. The molecule has 0 heterocycles. The molecule has 1 aromatic carbocycles. The Labute approximate surface area is 128 Å². The number of ether oxygens (including phenoxy) is 1. The lowest BCUT2D eigenvalue weighted by atomic mass is 10.1. The minimum atomic E-state index is -0.0793. The summed E-state index contributed by atoms with van der Waals surface area (Å²) in [5.41, 5.74) is 7.05. The van der Waals surface area contributed by atoms with Gasteiger partial charge in [0.05, 0.1) is 12.3 Å². The molecule has 0 aliphatic heterocycles. The van der Waals surface area contributed by atoms with Gasteiger partial charge in [0.25, 0.3) is 5.91 Å². The highest BCUT2D eigenvalue weighted by Crippen LogP contribution is 2.23. The van der Waals surface area contributed by atoms with Crippen LogP contribution in [0.4, 0.5) is 5.69 Å². The van der Waals surface area contributed by atoms with E-state index >= 15 is 0 Å². The Kier molecular flexibility index (Phi) is 7.06. The zero-order chi connectivity index (χ0) is 15.8. The van der Waals surface area contributed by atoms with Gasteiger partial charge in [-0.25, -0.2) is 0 Å². The summed E-state index contributed by atoms with van der Waals surface area (Å²) in [6.45, 7) is 9.85. The molecule has 4 nitrogen and oxygen atoms in total. The number of rotatable bonds is 8. The van der Waals surface area contributed by atoms with Gasteiger partial charge in [-0.2, -0.15) is 0 Å². The Balaban J connectivity index is 2.60.